The van der Waals surface area contributed by atoms with E-state index in [1.807, 2.05) is 0 Å². The average molecular weight is 325 g/mol. The molecule has 0 unspecified atom stereocenters. The summed E-state index contributed by atoms with van der Waals surface area (Å²) in [6.45, 7) is 2.81. The van der Waals surface area contributed by atoms with Gasteiger partial charge in [0.15, 0.2) is 0 Å². The number of amides is 1. The maximum atomic E-state index is 13.8. The molecule has 3 heterocycles. The summed E-state index contributed by atoms with van der Waals surface area (Å²) in [6.07, 6.45) is 4.97. The zero-order valence-electron chi connectivity index (χ0n) is 12.9. The smallest absolute Gasteiger partial charge is 0.256 e. The molecule has 4 rings (SSSR count). The lowest BCUT2D eigenvalue weighted by molar-refractivity contribution is 0.0737. The molecule has 1 aliphatic heterocycles. The predicted octanol–water partition coefficient (Wildman–Crippen LogP) is 1.60. The van der Waals surface area contributed by atoms with Gasteiger partial charge in [-0.25, -0.2) is 14.4 Å². The molecule has 1 amide bonds. The molecule has 3 aromatic rings. The van der Waals surface area contributed by atoms with Crippen LogP contribution >= 0.6 is 0 Å². The van der Waals surface area contributed by atoms with Crippen molar-refractivity contribution in [3.05, 3.63) is 54.2 Å². The van der Waals surface area contributed by atoms with Crippen molar-refractivity contribution in [3.63, 3.8) is 0 Å². The van der Waals surface area contributed by atoms with Crippen LogP contribution < -0.4 is 5.32 Å². The number of aromatic nitrogens is 3. The molecule has 2 aromatic heterocycles. The second kappa shape index (κ2) is 6.01. The van der Waals surface area contributed by atoms with E-state index in [4.69, 9.17) is 0 Å². The van der Waals surface area contributed by atoms with Gasteiger partial charge >= 0.3 is 0 Å². The topological polar surface area (TPSA) is 63.1 Å². The fourth-order valence-electron chi connectivity index (χ4n) is 2.99. The highest BCUT2D eigenvalue weighted by atomic mass is 19.1. The largest absolute Gasteiger partial charge is 0.336 e. The standard InChI is InChI=1S/C17H16FN5O/c18-12-2-3-15-13(10-12)14(16(24)22-8-6-19-7-9-22)11-23(15)17-20-4-1-5-21-17/h1-5,10-11,19H,6-9H2. The van der Waals surface area contributed by atoms with Crippen LogP contribution in [0.25, 0.3) is 16.9 Å². The number of carbonyl (C=O) groups is 1. The summed E-state index contributed by atoms with van der Waals surface area (Å²) < 4.78 is 15.5. The van der Waals surface area contributed by atoms with E-state index in [2.05, 4.69) is 15.3 Å². The Hall–Kier alpha value is -2.80. The summed E-state index contributed by atoms with van der Waals surface area (Å²) in [5.74, 6) is -0.0150. The average Bonchev–Trinajstić information content (AvgIpc) is 3.01. The van der Waals surface area contributed by atoms with Gasteiger partial charge in [-0.3, -0.25) is 9.36 Å². The Morgan fingerprint density at radius 1 is 1.17 bits per heavy atom. The Morgan fingerprint density at radius 2 is 1.92 bits per heavy atom. The van der Waals surface area contributed by atoms with Gasteiger partial charge in [0.1, 0.15) is 5.82 Å². The Morgan fingerprint density at radius 3 is 2.67 bits per heavy atom. The van der Waals surface area contributed by atoms with Crippen LogP contribution in [0.3, 0.4) is 0 Å². The van der Waals surface area contributed by atoms with E-state index in [1.165, 1.54) is 12.1 Å². The molecule has 0 radical (unpaired) electrons. The molecule has 0 aliphatic carbocycles. The molecule has 1 fully saturated rings. The van der Waals surface area contributed by atoms with Gasteiger partial charge < -0.3 is 10.2 Å². The van der Waals surface area contributed by atoms with Crippen LogP contribution in [0.4, 0.5) is 4.39 Å². The number of carbonyl (C=O) groups excluding carboxylic acids is 1. The van der Waals surface area contributed by atoms with Crippen molar-refractivity contribution in [1.29, 1.82) is 0 Å². The van der Waals surface area contributed by atoms with Crippen molar-refractivity contribution >= 4 is 16.8 Å². The van der Waals surface area contributed by atoms with Gasteiger partial charge in [0, 0.05) is 50.2 Å². The number of hydrogen-bond donors (Lipinski definition) is 1. The zero-order chi connectivity index (χ0) is 16.5. The molecule has 0 atom stereocenters. The van der Waals surface area contributed by atoms with E-state index in [9.17, 15) is 9.18 Å². The monoisotopic (exact) mass is 325 g/mol. The van der Waals surface area contributed by atoms with Crippen LogP contribution in [0.5, 0.6) is 0 Å². The summed E-state index contributed by atoms with van der Waals surface area (Å²) in [6, 6.07) is 6.14. The molecule has 0 saturated carbocycles. The van der Waals surface area contributed by atoms with E-state index in [0.29, 0.717) is 35.5 Å². The van der Waals surface area contributed by atoms with Gasteiger partial charge in [0.25, 0.3) is 5.91 Å². The van der Waals surface area contributed by atoms with Crippen LogP contribution in [0, 0.1) is 5.82 Å². The van der Waals surface area contributed by atoms with Crippen LogP contribution in [-0.2, 0) is 0 Å². The first-order valence-corrected chi connectivity index (χ1v) is 7.82. The maximum Gasteiger partial charge on any atom is 0.256 e. The first-order chi connectivity index (χ1) is 11.7. The van der Waals surface area contributed by atoms with Crippen molar-refractivity contribution < 1.29 is 9.18 Å². The molecule has 1 aromatic carbocycles. The zero-order valence-corrected chi connectivity index (χ0v) is 12.9. The van der Waals surface area contributed by atoms with Crippen molar-refractivity contribution in [2.24, 2.45) is 0 Å². The van der Waals surface area contributed by atoms with E-state index >= 15 is 0 Å². The van der Waals surface area contributed by atoms with Crippen LogP contribution in [0.2, 0.25) is 0 Å². The van der Waals surface area contributed by atoms with Gasteiger partial charge in [-0.2, -0.15) is 0 Å². The summed E-state index contributed by atoms with van der Waals surface area (Å²) in [5, 5.41) is 3.79. The highest BCUT2D eigenvalue weighted by molar-refractivity contribution is 6.07. The Bertz CT molecular complexity index is 887. The van der Waals surface area contributed by atoms with Crippen LogP contribution in [0.1, 0.15) is 10.4 Å². The molecular formula is C17H16FN5O. The predicted molar refractivity (Wildman–Crippen MR) is 87.6 cm³/mol. The molecule has 6 nitrogen and oxygen atoms in total. The number of halogens is 1. The number of hydrogen-bond acceptors (Lipinski definition) is 4. The lowest BCUT2D eigenvalue weighted by Gasteiger charge is -2.27. The molecule has 1 saturated heterocycles. The van der Waals surface area contributed by atoms with E-state index < -0.39 is 0 Å². The van der Waals surface area contributed by atoms with Crippen molar-refractivity contribution in [3.8, 4) is 5.95 Å². The quantitative estimate of drug-likeness (QED) is 0.777. The third kappa shape index (κ3) is 2.52. The highest BCUT2D eigenvalue weighted by Crippen LogP contribution is 2.25. The lowest BCUT2D eigenvalue weighted by Crippen LogP contribution is -2.46. The maximum absolute atomic E-state index is 13.8. The molecule has 1 N–H and O–H groups in total. The number of rotatable bonds is 2. The van der Waals surface area contributed by atoms with Gasteiger partial charge in [0.05, 0.1) is 11.1 Å². The summed E-state index contributed by atoms with van der Waals surface area (Å²) >= 11 is 0. The second-order valence-corrected chi connectivity index (χ2v) is 5.67. The van der Waals surface area contributed by atoms with E-state index in [-0.39, 0.29) is 11.7 Å². The summed E-state index contributed by atoms with van der Waals surface area (Å²) in [7, 11) is 0. The normalized spacial score (nSPS) is 15.0. The Balaban J connectivity index is 1.86. The Labute approximate surface area is 137 Å². The van der Waals surface area contributed by atoms with Crippen molar-refractivity contribution in [2.75, 3.05) is 26.2 Å². The second-order valence-electron chi connectivity index (χ2n) is 5.67. The first kappa shape index (κ1) is 14.8. The number of nitrogens with one attached hydrogen (secondary N) is 1. The molecule has 24 heavy (non-hydrogen) atoms. The third-order valence-electron chi connectivity index (χ3n) is 4.17. The minimum atomic E-state index is -0.372. The molecule has 0 bridgehead atoms. The third-order valence-corrected chi connectivity index (χ3v) is 4.17. The lowest BCUT2D eigenvalue weighted by atomic mass is 10.1. The summed E-state index contributed by atoms with van der Waals surface area (Å²) in [5.41, 5.74) is 1.18. The molecule has 122 valence electrons. The van der Waals surface area contributed by atoms with Crippen LogP contribution in [-0.4, -0.2) is 51.5 Å². The Kier molecular flexibility index (Phi) is 3.70. The van der Waals surface area contributed by atoms with Crippen molar-refractivity contribution in [2.45, 2.75) is 0 Å². The molecule has 1 aliphatic rings. The highest BCUT2D eigenvalue weighted by Gasteiger charge is 2.23. The number of nitrogens with zero attached hydrogens (tertiary/aromatic N) is 4. The van der Waals surface area contributed by atoms with Gasteiger partial charge in [-0.15, -0.1) is 0 Å². The molecule has 7 heteroatoms. The van der Waals surface area contributed by atoms with Gasteiger partial charge in [-0.1, -0.05) is 0 Å². The van der Waals surface area contributed by atoms with Gasteiger partial charge in [0.2, 0.25) is 5.95 Å². The minimum absolute atomic E-state index is 0.0956. The number of piperazine rings is 1. The van der Waals surface area contributed by atoms with Crippen LogP contribution in [0.15, 0.2) is 42.9 Å². The fraction of sp³-hybridized carbons (Fsp3) is 0.235. The number of fused-ring (bicyclic) bond motifs is 1. The molecule has 0 spiro atoms. The van der Waals surface area contributed by atoms with E-state index in [0.717, 1.165) is 13.1 Å². The minimum Gasteiger partial charge on any atom is -0.336 e. The fourth-order valence-corrected chi connectivity index (χ4v) is 2.99. The first-order valence-electron chi connectivity index (χ1n) is 7.82. The number of benzene rings is 1. The van der Waals surface area contributed by atoms with Crippen molar-refractivity contribution in [1.82, 2.24) is 24.8 Å². The van der Waals surface area contributed by atoms with E-state index in [1.54, 1.807) is 40.2 Å². The SMILES string of the molecule is O=C(c1cn(-c2ncccn2)c2ccc(F)cc12)N1CCNCC1. The molecular weight excluding hydrogens is 309 g/mol. The summed E-state index contributed by atoms with van der Waals surface area (Å²) in [4.78, 5) is 23.1. The van der Waals surface area contributed by atoms with Gasteiger partial charge in [-0.05, 0) is 24.3 Å².